The molecule has 100 valence electrons. The highest BCUT2D eigenvalue weighted by Gasteiger charge is 2.01. The van der Waals surface area contributed by atoms with Gasteiger partial charge >= 0.3 is 0 Å². The van der Waals surface area contributed by atoms with Crippen LogP contribution in [0, 0.1) is 12.7 Å². The molecule has 0 saturated carbocycles. The van der Waals surface area contributed by atoms with Crippen LogP contribution in [0.2, 0.25) is 0 Å². The molecule has 3 nitrogen and oxygen atoms in total. The van der Waals surface area contributed by atoms with Gasteiger partial charge in [-0.1, -0.05) is 12.1 Å². The van der Waals surface area contributed by atoms with E-state index in [1.54, 1.807) is 25.3 Å². The van der Waals surface area contributed by atoms with E-state index in [2.05, 4.69) is 10.3 Å². The van der Waals surface area contributed by atoms with Crippen molar-refractivity contribution >= 4 is 11.5 Å². The topological polar surface area (TPSA) is 28.2 Å². The van der Waals surface area contributed by atoms with Crippen LogP contribution in [0.1, 0.15) is 11.1 Å². The molecule has 0 radical (unpaired) electrons. The molecule has 0 aliphatic rings. The van der Waals surface area contributed by atoms with E-state index in [9.17, 15) is 4.39 Å². The first kappa shape index (κ1) is 13.3. The maximum Gasteiger partial charge on any atom is 0.128 e. The van der Waals surface area contributed by atoms with Crippen molar-refractivity contribution in [2.45, 2.75) is 13.5 Å². The van der Waals surface area contributed by atoms with Gasteiger partial charge in [0, 0.05) is 20.6 Å². The molecule has 0 fully saturated rings. The Morgan fingerprint density at radius 1 is 1.21 bits per heavy atom. The Morgan fingerprint density at radius 3 is 2.58 bits per heavy atom. The first-order valence-corrected chi connectivity index (χ1v) is 6.18. The number of nitrogens with one attached hydrogen (secondary N) is 1. The SMILES string of the molecule is Cc1ccc(CNc2ccc(N(C)C)nc2)cc1F. The fourth-order valence-corrected chi connectivity index (χ4v) is 1.71. The Bertz CT molecular complexity index is 550. The van der Waals surface area contributed by atoms with Crippen LogP contribution in [0.5, 0.6) is 0 Å². The summed E-state index contributed by atoms with van der Waals surface area (Å²) in [5.41, 5.74) is 2.51. The summed E-state index contributed by atoms with van der Waals surface area (Å²) in [6, 6.07) is 9.18. The van der Waals surface area contributed by atoms with Gasteiger partial charge in [0.25, 0.3) is 0 Å². The van der Waals surface area contributed by atoms with Gasteiger partial charge in [0.2, 0.25) is 0 Å². The van der Waals surface area contributed by atoms with Crippen LogP contribution >= 0.6 is 0 Å². The molecule has 4 heteroatoms. The molecule has 1 N–H and O–H groups in total. The molecule has 0 aliphatic carbocycles. The van der Waals surface area contributed by atoms with Gasteiger partial charge in [-0.05, 0) is 36.2 Å². The Morgan fingerprint density at radius 2 is 2.00 bits per heavy atom. The summed E-state index contributed by atoms with van der Waals surface area (Å²) in [6.45, 7) is 2.34. The molecule has 0 unspecified atom stereocenters. The monoisotopic (exact) mass is 259 g/mol. The Kier molecular flexibility index (Phi) is 4.00. The Labute approximate surface area is 113 Å². The van der Waals surface area contributed by atoms with Crippen molar-refractivity contribution in [1.29, 1.82) is 0 Å². The van der Waals surface area contributed by atoms with E-state index in [0.717, 1.165) is 17.1 Å². The minimum Gasteiger partial charge on any atom is -0.380 e. The molecule has 0 saturated heterocycles. The predicted molar refractivity (Wildman–Crippen MR) is 77.0 cm³/mol. The third-order valence-electron chi connectivity index (χ3n) is 2.94. The van der Waals surface area contributed by atoms with E-state index in [1.807, 2.05) is 37.2 Å². The average molecular weight is 259 g/mol. The first-order valence-electron chi connectivity index (χ1n) is 6.18. The third kappa shape index (κ3) is 3.44. The normalized spacial score (nSPS) is 10.3. The van der Waals surface area contributed by atoms with E-state index < -0.39 is 0 Å². The number of rotatable bonds is 4. The number of aryl methyl sites for hydroxylation is 1. The lowest BCUT2D eigenvalue weighted by atomic mass is 10.1. The van der Waals surface area contributed by atoms with Crippen molar-refractivity contribution in [2.24, 2.45) is 0 Å². The van der Waals surface area contributed by atoms with Crippen LogP contribution in [0.15, 0.2) is 36.5 Å². The van der Waals surface area contributed by atoms with Crippen molar-refractivity contribution < 1.29 is 4.39 Å². The Hall–Kier alpha value is -2.10. The lowest BCUT2D eigenvalue weighted by molar-refractivity contribution is 0.616. The van der Waals surface area contributed by atoms with Crippen LogP contribution in [-0.2, 0) is 6.54 Å². The fourth-order valence-electron chi connectivity index (χ4n) is 1.71. The highest BCUT2D eigenvalue weighted by molar-refractivity contribution is 5.48. The van der Waals surface area contributed by atoms with Gasteiger partial charge in [0.1, 0.15) is 11.6 Å². The molecular weight excluding hydrogens is 241 g/mol. The van der Waals surface area contributed by atoms with Crippen molar-refractivity contribution in [2.75, 3.05) is 24.3 Å². The van der Waals surface area contributed by atoms with E-state index in [0.29, 0.717) is 12.1 Å². The van der Waals surface area contributed by atoms with Gasteiger partial charge in [0.15, 0.2) is 0 Å². The zero-order chi connectivity index (χ0) is 13.8. The zero-order valence-corrected chi connectivity index (χ0v) is 11.4. The average Bonchev–Trinajstić information content (AvgIpc) is 2.40. The molecule has 1 aromatic heterocycles. The van der Waals surface area contributed by atoms with Crippen LogP contribution in [0.4, 0.5) is 15.9 Å². The van der Waals surface area contributed by atoms with E-state index in [-0.39, 0.29) is 5.82 Å². The number of halogens is 1. The third-order valence-corrected chi connectivity index (χ3v) is 2.94. The molecule has 0 aliphatic heterocycles. The number of aromatic nitrogens is 1. The highest BCUT2D eigenvalue weighted by atomic mass is 19.1. The van der Waals surface area contributed by atoms with Crippen molar-refractivity contribution in [3.05, 3.63) is 53.5 Å². The molecule has 1 heterocycles. The van der Waals surface area contributed by atoms with Gasteiger partial charge in [-0.25, -0.2) is 9.37 Å². The first-order chi connectivity index (χ1) is 9.06. The summed E-state index contributed by atoms with van der Waals surface area (Å²) in [6.07, 6.45) is 1.78. The summed E-state index contributed by atoms with van der Waals surface area (Å²) < 4.78 is 13.4. The van der Waals surface area contributed by atoms with Crippen LogP contribution in [0.3, 0.4) is 0 Å². The second-order valence-electron chi connectivity index (χ2n) is 4.74. The largest absolute Gasteiger partial charge is 0.380 e. The quantitative estimate of drug-likeness (QED) is 0.914. The number of benzene rings is 1. The van der Waals surface area contributed by atoms with Gasteiger partial charge in [-0.2, -0.15) is 0 Å². The van der Waals surface area contributed by atoms with Gasteiger partial charge in [0.05, 0.1) is 11.9 Å². The maximum atomic E-state index is 13.4. The van der Waals surface area contributed by atoms with Crippen molar-refractivity contribution in [1.82, 2.24) is 4.98 Å². The van der Waals surface area contributed by atoms with E-state index in [1.165, 1.54) is 0 Å². The van der Waals surface area contributed by atoms with Crippen molar-refractivity contribution in [3.8, 4) is 0 Å². The summed E-state index contributed by atoms with van der Waals surface area (Å²) in [4.78, 5) is 6.26. The lowest BCUT2D eigenvalue weighted by Gasteiger charge is -2.12. The molecule has 0 spiro atoms. The van der Waals surface area contributed by atoms with Crippen LogP contribution in [0.25, 0.3) is 0 Å². The predicted octanol–water partition coefficient (Wildman–Crippen LogP) is 3.21. The number of nitrogens with zero attached hydrogens (tertiary/aromatic N) is 2. The van der Waals surface area contributed by atoms with E-state index >= 15 is 0 Å². The Balaban J connectivity index is 2.00. The minimum absolute atomic E-state index is 0.166. The number of hydrogen-bond donors (Lipinski definition) is 1. The van der Waals surface area contributed by atoms with Gasteiger partial charge < -0.3 is 10.2 Å². The van der Waals surface area contributed by atoms with Crippen molar-refractivity contribution in [3.63, 3.8) is 0 Å². The molecule has 2 aromatic rings. The second kappa shape index (κ2) is 5.69. The summed E-state index contributed by atoms with van der Waals surface area (Å²) in [5.74, 6) is 0.743. The minimum atomic E-state index is -0.166. The van der Waals surface area contributed by atoms with Crippen LogP contribution < -0.4 is 10.2 Å². The lowest BCUT2D eigenvalue weighted by Crippen LogP contribution is -2.10. The summed E-state index contributed by atoms with van der Waals surface area (Å²) >= 11 is 0. The number of pyridine rings is 1. The molecule has 19 heavy (non-hydrogen) atoms. The summed E-state index contributed by atoms with van der Waals surface area (Å²) in [7, 11) is 3.90. The second-order valence-corrected chi connectivity index (χ2v) is 4.74. The summed E-state index contributed by atoms with van der Waals surface area (Å²) in [5, 5.41) is 3.23. The van der Waals surface area contributed by atoms with Gasteiger partial charge in [-0.15, -0.1) is 0 Å². The smallest absolute Gasteiger partial charge is 0.128 e. The maximum absolute atomic E-state index is 13.4. The zero-order valence-electron chi connectivity index (χ0n) is 11.4. The number of hydrogen-bond acceptors (Lipinski definition) is 3. The van der Waals surface area contributed by atoms with Gasteiger partial charge in [-0.3, -0.25) is 0 Å². The van der Waals surface area contributed by atoms with E-state index in [4.69, 9.17) is 0 Å². The highest BCUT2D eigenvalue weighted by Crippen LogP contribution is 2.14. The fraction of sp³-hybridized carbons (Fsp3) is 0.267. The molecule has 0 atom stereocenters. The molecule has 1 aromatic carbocycles. The molecule has 2 rings (SSSR count). The standard InChI is InChI=1S/C15H18FN3/c1-11-4-5-12(8-14(11)16)9-17-13-6-7-15(18-10-13)19(2)3/h4-8,10,17H,9H2,1-3H3. The number of anilines is 2. The molecule has 0 amide bonds. The van der Waals surface area contributed by atoms with Crippen LogP contribution in [-0.4, -0.2) is 19.1 Å². The molecule has 0 bridgehead atoms. The molecular formula is C15H18FN3.